The lowest BCUT2D eigenvalue weighted by atomic mass is 9.64. The van der Waals surface area contributed by atoms with Crippen molar-refractivity contribution in [3.8, 4) is 0 Å². The molecule has 2 saturated carbocycles. The molecule has 1 aromatic rings. The zero-order valence-electron chi connectivity index (χ0n) is 16.7. The van der Waals surface area contributed by atoms with Crippen LogP contribution in [0.3, 0.4) is 0 Å². The summed E-state index contributed by atoms with van der Waals surface area (Å²) in [6, 6.07) is 6.03. The van der Waals surface area contributed by atoms with E-state index in [0.717, 1.165) is 43.7 Å². The van der Waals surface area contributed by atoms with Crippen LogP contribution < -0.4 is 16.0 Å². The average Bonchev–Trinajstić information content (AvgIpc) is 3.46. The van der Waals surface area contributed by atoms with Gasteiger partial charge in [-0.1, -0.05) is 24.6 Å². The molecule has 0 bridgehead atoms. The van der Waals surface area contributed by atoms with Gasteiger partial charge in [-0.3, -0.25) is 9.79 Å². The highest BCUT2D eigenvalue weighted by Crippen LogP contribution is 2.44. The SMILES string of the molecule is CN=C(NCCCC(=O)NC1CC1)NCC1(c2cccc(C(F)(F)F)c2)CCC1. The summed E-state index contributed by atoms with van der Waals surface area (Å²) >= 11 is 0. The fourth-order valence-electron chi connectivity index (χ4n) is 3.65. The molecule has 2 aliphatic carbocycles. The summed E-state index contributed by atoms with van der Waals surface area (Å²) in [6.45, 7) is 1.13. The van der Waals surface area contributed by atoms with Gasteiger partial charge in [0.2, 0.25) is 5.91 Å². The van der Waals surface area contributed by atoms with Crippen molar-refractivity contribution in [1.29, 1.82) is 0 Å². The monoisotopic (exact) mass is 410 g/mol. The lowest BCUT2D eigenvalue weighted by molar-refractivity contribution is -0.137. The number of alkyl halides is 3. The van der Waals surface area contributed by atoms with Gasteiger partial charge in [0.15, 0.2) is 5.96 Å². The van der Waals surface area contributed by atoms with E-state index in [4.69, 9.17) is 0 Å². The predicted octanol–water partition coefficient (Wildman–Crippen LogP) is 3.35. The lowest BCUT2D eigenvalue weighted by Gasteiger charge is -2.43. The van der Waals surface area contributed by atoms with Crippen LogP contribution in [0.1, 0.15) is 56.1 Å². The van der Waals surface area contributed by atoms with E-state index in [1.807, 2.05) is 0 Å². The molecule has 8 heteroatoms. The number of benzene rings is 1. The second-order valence-electron chi connectivity index (χ2n) is 8.01. The number of aliphatic imine (C=N–C) groups is 1. The topological polar surface area (TPSA) is 65.5 Å². The molecule has 2 fully saturated rings. The summed E-state index contributed by atoms with van der Waals surface area (Å²) in [6.07, 6.45) is 1.67. The first-order valence-corrected chi connectivity index (χ1v) is 10.2. The third kappa shape index (κ3) is 5.87. The molecule has 5 nitrogen and oxygen atoms in total. The van der Waals surface area contributed by atoms with Gasteiger partial charge in [-0.2, -0.15) is 13.2 Å². The van der Waals surface area contributed by atoms with Crippen LogP contribution in [0.2, 0.25) is 0 Å². The number of amides is 1. The molecular weight excluding hydrogens is 381 g/mol. The highest BCUT2D eigenvalue weighted by atomic mass is 19.4. The van der Waals surface area contributed by atoms with Crippen LogP contribution >= 0.6 is 0 Å². The Hall–Kier alpha value is -2.25. The first-order valence-electron chi connectivity index (χ1n) is 10.2. The zero-order chi connectivity index (χ0) is 20.9. The van der Waals surface area contributed by atoms with E-state index in [0.29, 0.717) is 37.9 Å². The third-order valence-corrected chi connectivity index (χ3v) is 5.75. The van der Waals surface area contributed by atoms with E-state index in [2.05, 4.69) is 20.9 Å². The molecule has 29 heavy (non-hydrogen) atoms. The van der Waals surface area contributed by atoms with Crippen LogP contribution in [0.4, 0.5) is 13.2 Å². The van der Waals surface area contributed by atoms with Crippen LogP contribution in [-0.4, -0.2) is 38.0 Å². The molecule has 0 heterocycles. The minimum absolute atomic E-state index is 0.0789. The number of nitrogens with zero attached hydrogens (tertiary/aromatic N) is 1. The van der Waals surface area contributed by atoms with Crippen LogP contribution in [0, 0.1) is 0 Å². The number of nitrogens with one attached hydrogen (secondary N) is 3. The highest BCUT2D eigenvalue weighted by molar-refractivity contribution is 5.80. The summed E-state index contributed by atoms with van der Waals surface area (Å²) < 4.78 is 39.2. The molecule has 0 unspecified atom stereocenters. The minimum Gasteiger partial charge on any atom is -0.356 e. The second-order valence-corrected chi connectivity index (χ2v) is 8.01. The Balaban J connectivity index is 1.49. The predicted molar refractivity (Wildman–Crippen MR) is 107 cm³/mol. The van der Waals surface area contributed by atoms with Gasteiger partial charge in [-0.05, 0) is 43.7 Å². The molecule has 160 valence electrons. The van der Waals surface area contributed by atoms with Crippen molar-refractivity contribution in [1.82, 2.24) is 16.0 Å². The van der Waals surface area contributed by atoms with E-state index in [-0.39, 0.29) is 11.3 Å². The van der Waals surface area contributed by atoms with Crippen molar-refractivity contribution < 1.29 is 18.0 Å². The molecule has 0 radical (unpaired) electrons. The van der Waals surface area contributed by atoms with Crippen LogP contribution in [0.5, 0.6) is 0 Å². The van der Waals surface area contributed by atoms with Gasteiger partial charge in [-0.15, -0.1) is 0 Å². The van der Waals surface area contributed by atoms with Gasteiger partial charge < -0.3 is 16.0 Å². The lowest BCUT2D eigenvalue weighted by Crippen LogP contribution is -2.49. The van der Waals surface area contributed by atoms with Gasteiger partial charge in [0.05, 0.1) is 5.56 Å². The summed E-state index contributed by atoms with van der Waals surface area (Å²) in [5.74, 6) is 0.682. The number of guanidine groups is 1. The van der Waals surface area contributed by atoms with E-state index >= 15 is 0 Å². The van der Waals surface area contributed by atoms with Crippen molar-refractivity contribution in [2.75, 3.05) is 20.1 Å². The number of carbonyl (C=O) groups excluding carboxylic acids is 1. The van der Waals surface area contributed by atoms with E-state index in [1.165, 1.54) is 12.1 Å². The van der Waals surface area contributed by atoms with Gasteiger partial charge in [0, 0.05) is 38.0 Å². The Morgan fingerprint density at radius 2 is 2.00 bits per heavy atom. The normalized spacial score (nSPS) is 18.7. The Morgan fingerprint density at radius 1 is 1.24 bits per heavy atom. The Kier molecular flexibility index (Phi) is 6.70. The van der Waals surface area contributed by atoms with Crippen molar-refractivity contribution in [3.63, 3.8) is 0 Å². The molecule has 1 aromatic carbocycles. The molecule has 0 saturated heterocycles. The molecule has 1 amide bonds. The van der Waals surface area contributed by atoms with Gasteiger partial charge in [-0.25, -0.2) is 0 Å². The maximum Gasteiger partial charge on any atom is 0.416 e. The maximum atomic E-state index is 13.1. The van der Waals surface area contributed by atoms with Crippen molar-refractivity contribution >= 4 is 11.9 Å². The molecular formula is C21H29F3N4O. The van der Waals surface area contributed by atoms with Crippen molar-refractivity contribution in [3.05, 3.63) is 35.4 Å². The fourth-order valence-corrected chi connectivity index (χ4v) is 3.65. The Labute approximate surface area is 169 Å². The molecule has 0 aromatic heterocycles. The standard InChI is InChI=1S/C21H29F3N4O/c1-25-19(26-12-3-7-18(29)28-17-8-9-17)27-14-20(10-4-11-20)15-5-2-6-16(13-15)21(22,23)24/h2,5-6,13,17H,3-4,7-12,14H2,1H3,(H,28,29)(H2,25,26,27). The van der Waals surface area contributed by atoms with Crippen LogP contribution in [0.25, 0.3) is 0 Å². The summed E-state index contributed by atoms with van der Waals surface area (Å²) in [5, 5.41) is 9.39. The van der Waals surface area contributed by atoms with Crippen LogP contribution in [-0.2, 0) is 16.4 Å². The minimum atomic E-state index is -4.34. The van der Waals surface area contributed by atoms with Gasteiger partial charge in [0.1, 0.15) is 0 Å². The van der Waals surface area contributed by atoms with E-state index in [1.54, 1.807) is 13.1 Å². The first kappa shape index (κ1) is 21.5. The quantitative estimate of drug-likeness (QED) is 0.350. The summed E-state index contributed by atoms with van der Waals surface area (Å²) in [5.41, 5.74) is -0.185. The largest absolute Gasteiger partial charge is 0.416 e. The Morgan fingerprint density at radius 3 is 2.59 bits per heavy atom. The number of hydrogen-bond donors (Lipinski definition) is 3. The zero-order valence-corrected chi connectivity index (χ0v) is 16.7. The first-order chi connectivity index (χ1) is 13.8. The third-order valence-electron chi connectivity index (χ3n) is 5.75. The molecule has 0 aliphatic heterocycles. The smallest absolute Gasteiger partial charge is 0.356 e. The summed E-state index contributed by atoms with van der Waals surface area (Å²) in [7, 11) is 1.66. The maximum absolute atomic E-state index is 13.1. The molecule has 2 aliphatic rings. The number of halogens is 3. The van der Waals surface area contributed by atoms with Crippen molar-refractivity contribution in [2.24, 2.45) is 4.99 Å². The number of hydrogen-bond acceptors (Lipinski definition) is 2. The fraction of sp³-hybridized carbons (Fsp3) is 0.619. The summed E-state index contributed by atoms with van der Waals surface area (Å²) in [4.78, 5) is 15.9. The molecule has 0 atom stereocenters. The van der Waals surface area contributed by atoms with E-state index < -0.39 is 11.7 Å². The molecule has 0 spiro atoms. The second kappa shape index (κ2) is 9.05. The number of carbonyl (C=O) groups is 1. The van der Waals surface area contributed by atoms with Gasteiger partial charge >= 0.3 is 6.18 Å². The van der Waals surface area contributed by atoms with Crippen molar-refractivity contribution in [2.45, 2.75) is 62.6 Å². The Bertz CT molecular complexity index is 740. The van der Waals surface area contributed by atoms with E-state index in [9.17, 15) is 18.0 Å². The average molecular weight is 410 g/mol. The molecule has 3 N–H and O–H groups in total. The molecule has 3 rings (SSSR count). The van der Waals surface area contributed by atoms with Crippen LogP contribution in [0.15, 0.2) is 29.3 Å². The highest BCUT2D eigenvalue weighted by Gasteiger charge is 2.40. The van der Waals surface area contributed by atoms with Gasteiger partial charge in [0.25, 0.3) is 0 Å². The number of rotatable bonds is 8.